The molecule has 0 saturated heterocycles. The zero-order valence-corrected chi connectivity index (χ0v) is 12.4. The van der Waals surface area contributed by atoms with E-state index >= 15 is 0 Å². The second-order valence-corrected chi connectivity index (χ2v) is 5.41. The predicted octanol–water partition coefficient (Wildman–Crippen LogP) is 1.47. The first-order chi connectivity index (χ1) is 10.9. The molecule has 2 rings (SSSR count). The fourth-order valence-corrected chi connectivity index (χ4v) is 2.26. The number of nitrogens with one attached hydrogen (secondary N) is 1. The lowest BCUT2D eigenvalue weighted by Gasteiger charge is -2.20. The monoisotopic (exact) mass is 318 g/mol. The number of rotatable bonds is 7. The summed E-state index contributed by atoms with van der Waals surface area (Å²) in [6, 6.07) is 8.60. The smallest absolute Gasteiger partial charge is 0.345 e. The number of carboxylic acid groups (broad SMARTS) is 1. The van der Waals surface area contributed by atoms with Gasteiger partial charge in [-0.1, -0.05) is 42.5 Å². The van der Waals surface area contributed by atoms with Crippen molar-refractivity contribution in [3.05, 3.63) is 69.8 Å². The third-order valence-electron chi connectivity index (χ3n) is 3.68. The van der Waals surface area contributed by atoms with Gasteiger partial charge in [0.15, 0.2) is 0 Å². The van der Waals surface area contributed by atoms with E-state index in [0.29, 0.717) is 12.1 Å². The molecule has 7 nitrogen and oxygen atoms in total. The lowest BCUT2D eigenvalue weighted by atomic mass is 9.95. The summed E-state index contributed by atoms with van der Waals surface area (Å²) in [5.74, 6) is -0.995. The molecule has 1 unspecified atom stereocenters. The first kappa shape index (κ1) is 16.9. The van der Waals surface area contributed by atoms with Gasteiger partial charge in [0.05, 0.1) is 11.3 Å². The maximum Gasteiger partial charge on any atom is 0.345 e. The summed E-state index contributed by atoms with van der Waals surface area (Å²) in [4.78, 5) is 21.3. The van der Waals surface area contributed by atoms with E-state index in [9.17, 15) is 25.1 Å². The molecule has 1 aromatic rings. The minimum absolute atomic E-state index is 0.170. The standard InChI is InChI=1S/C16H18N2O5/c19-15(20)14(17-11-13-4-2-1-3-5-13)10-12-6-8-16(21,9-7-12)18(22)23/h1-8,14,17,21H,9-11H2,(H,19,20)/t14-,16?/m0/s1. The van der Waals surface area contributed by atoms with Crippen LogP contribution in [0, 0.1) is 10.1 Å². The highest BCUT2D eigenvalue weighted by Gasteiger charge is 2.38. The van der Waals surface area contributed by atoms with Gasteiger partial charge in [0.2, 0.25) is 0 Å². The van der Waals surface area contributed by atoms with E-state index in [0.717, 1.165) is 11.6 Å². The number of hydrogen-bond donors (Lipinski definition) is 3. The molecule has 0 aliphatic heterocycles. The highest BCUT2D eigenvalue weighted by atomic mass is 16.7. The van der Waals surface area contributed by atoms with E-state index in [1.165, 1.54) is 12.2 Å². The van der Waals surface area contributed by atoms with Gasteiger partial charge in [-0.15, -0.1) is 0 Å². The summed E-state index contributed by atoms with van der Waals surface area (Å²) in [5, 5.41) is 32.7. The first-order valence-corrected chi connectivity index (χ1v) is 7.16. The maximum absolute atomic E-state index is 11.4. The highest BCUT2D eigenvalue weighted by Crippen LogP contribution is 2.23. The van der Waals surface area contributed by atoms with E-state index in [1.807, 2.05) is 30.3 Å². The average Bonchev–Trinajstić information content (AvgIpc) is 2.54. The van der Waals surface area contributed by atoms with Crippen LogP contribution in [-0.4, -0.2) is 32.9 Å². The Labute approximate surface area is 133 Å². The lowest BCUT2D eigenvalue weighted by molar-refractivity contribution is -0.607. The largest absolute Gasteiger partial charge is 0.480 e. The number of nitrogens with zero attached hydrogens (tertiary/aromatic N) is 1. The van der Waals surface area contributed by atoms with Crippen molar-refractivity contribution in [2.75, 3.05) is 0 Å². The molecule has 1 aromatic carbocycles. The molecule has 1 aliphatic rings. The average molecular weight is 318 g/mol. The third-order valence-corrected chi connectivity index (χ3v) is 3.68. The molecule has 1 aliphatic carbocycles. The SMILES string of the molecule is O=C(O)[C@H](CC1=CCC(O)([N+](=O)[O-])C=C1)NCc1ccccc1. The van der Waals surface area contributed by atoms with Crippen molar-refractivity contribution in [1.29, 1.82) is 0 Å². The van der Waals surface area contributed by atoms with Crippen LogP contribution in [0.2, 0.25) is 0 Å². The molecular formula is C16H18N2O5. The molecule has 0 amide bonds. The summed E-state index contributed by atoms with van der Waals surface area (Å²) >= 11 is 0. The number of carbonyl (C=O) groups is 1. The lowest BCUT2D eigenvalue weighted by Crippen LogP contribution is -2.38. The molecule has 0 aromatic heterocycles. The number of aliphatic carboxylic acids is 1. The van der Waals surface area contributed by atoms with Crippen LogP contribution in [0.3, 0.4) is 0 Å². The van der Waals surface area contributed by atoms with Gasteiger partial charge in [-0.25, -0.2) is 0 Å². The number of hydrogen-bond acceptors (Lipinski definition) is 5. The van der Waals surface area contributed by atoms with Gasteiger partial charge in [-0.3, -0.25) is 14.9 Å². The Morgan fingerprint density at radius 3 is 2.61 bits per heavy atom. The van der Waals surface area contributed by atoms with Crippen molar-refractivity contribution in [2.24, 2.45) is 0 Å². The first-order valence-electron chi connectivity index (χ1n) is 7.16. The minimum Gasteiger partial charge on any atom is -0.480 e. The Hall–Kier alpha value is -2.51. The molecule has 3 N–H and O–H groups in total. The van der Waals surface area contributed by atoms with Gasteiger partial charge in [0.25, 0.3) is 0 Å². The Bertz CT molecular complexity index is 641. The van der Waals surface area contributed by atoms with Gasteiger partial charge in [-0.05, 0) is 17.6 Å². The van der Waals surface area contributed by atoms with Crippen LogP contribution in [0.15, 0.2) is 54.1 Å². The molecule has 7 heteroatoms. The van der Waals surface area contributed by atoms with Crippen LogP contribution in [0.4, 0.5) is 0 Å². The van der Waals surface area contributed by atoms with Gasteiger partial charge in [-0.2, -0.15) is 0 Å². The number of carboxylic acids is 1. The normalized spacial score (nSPS) is 21.5. The predicted molar refractivity (Wildman–Crippen MR) is 83.1 cm³/mol. The number of nitro groups is 1. The van der Waals surface area contributed by atoms with Gasteiger partial charge >= 0.3 is 11.7 Å². The van der Waals surface area contributed by atoms with Crippen molar-refractivity contribution >= 4 is 5.97 Å². The van der Waals surface area contributed by atoms with Crippen LogP contribution in [0.5, 0.6) is 0 Å². The highest BCUT2D eigenvalue weighted by molar-refractivity contribution is 5.74. The molecule has 2 atom stereocenters. The summed E-state index contributed by atoms with van der Waals surface area (Å²) in [6.45, 7) is 0.410. The summed E-state index contributed by atoms with van der Waals surface area (Å²) in [7, 11) is 0. The van der Waals surface area contributed by atoms with Crippen molar-refractivity contribution in [2.45, 2.75) is 31.2 Å². The van der Waals surface area contributed by atoms with E-state index < -0.39 is 22.7 Å². The van der Waals surface area contributed by atoms with Crippen LogP contribution in [0.25, 0.3) is 0 Å². The van der Waals surface area contributed by atoms with Crippen molar-refractivity contribution in [3.63, 3.8) is 0 Å². The van der Waals surface area contributed by atoms with Gasteiger partial charge in [0, 0.05) is 12.6 Å². The Kier molecular flexibility index (Phi) is 5.25. The maximum atomic E-state index is 11.4. The zero-order chi connectivity index (χ0) is 16.9. The van der Waals surface area contributed by atoms with Crippen molar-refractivity contribution in [1.82, 2.24) is 5.32 Å². The quantitative estimate of drug-likeness (QED) is 0.399. The minimum atomic E-state index is -2.10. The second kappa shape index (κ2) is 7.17. The molecule has 0 fully saturated rings. The molecule has 0 radical (unpaired) electrons. The van der Waals surface area contributed by atoms with E-state index in [-0.39, 0.29) is 12.8 Å². The van der Waals surface area contributed by atoms with Gasteiger partial charge in [0.1, 0.15) is 6.04 Å². The Balaban J connectivity index is 1.96. The third kappa shape index (κ3) is 4.48. The van der Waals surface area contributed by atoms with Crippen LogP contribution < -0.4 is 5.32 Å². The second-order valence-electron chi connectivity index (χ2n) is 5.41. The van der Waals surface area contributed by atoms with Crippen LogP contribution >= 0.6 is 0 Å². The van der Waals surface area contributed by atoms with Crippen LogP contribution in [-0.2, 0) is 11.3 Å². The number of benzene rings is 1. The molecular weight excluding hydrogens is 300 g/mol. The Morgan fingerprint density at radius 2 is 2.09 bits per heavy atom. The number of allylic oxidation sites excluding steroid dienone is 1. The Morgan fingerprint density at radius 1 is 1.39 bits per heavy atom. The molecule has 0 saturated carbocycles. The van der Waals surface area contributed by atoms with Crippen LogP contribution in [0.1, 0.15) is 18.4 Å². The number of aliphatic hydroxyl groups is 1. The summed E-state index contributed by atoms with van der Waals surface area (Å²) in [5.41, 5.74) is -0.487. The fourth-order valence-electron chi connectivity index (χ4n) is 2.26. The molecule has 0 heterocycles. The van der Waals surface area contributed by atoms with Crippen molar-refractivity contribution in [3.8, 4) is 0 Å². The summed E-state index contributed by atoms with van der Waals surface area (Å²) < 4.78 is 0. The fraction of sp³-hybridized carbons (Fsp3) is 0.312. The topological polar surface area (TPSA) is 113 Å². The van der Waals surface area contributed by atoms with E-state index in [2.05, 4.69) is 5.32 Å². The van der Waals surface area contributed by atoms with E-state index in [1.54, 1.807) is 0 Å². The molecule has 0 spiro atoms. The van der Waals surface area contributed by atoms with Crippen molar-refractivity contribution < 1.29 is 19.9 Å². The molecule has 23 heavy (non-hydrogen) atoms. The van der Waals surface area contributed by atoms with E-state index in [4.69, 9.17) is 0 Å². The van der Waals surface area contributed by atoms with Gasteiger partial charge < -0.3 is 15.5 Å². The molecule has 0 bridgehead atoms. The molecule has 122 valence electrons. The zero-order valence-electron chi connectivity index (χ0n) is 12.4. The summed E-state index contributed by atoms with van der Waals surface area (Å²) in [6.07, 6.45) is 4.02.